The molecule has 4 heteroatoms. The topological polar surface area (TPSA) is 140 Å². The van der Waals surface area contributed by atoms with Crippen LogP contribution in [0.2, 0.25) is 0 Å². The number of rotatable bonds is 0. The Morgan fingerprint density at radius 2 is 0.882 bits per heavy atom. The molecule has 0 spiro atoms. The summed E-state index contributed by atoms with van der Waals surface area (Å²) in [6.07, 6.45) is 1.10. The Bertz CT molecular complexity index is 425. The molecule has 0 saturated heterocycles. The Morgan fingerprint density at radius 3 is 1.29 bits per heavy atom. The van der Waals surface area contributed by atoms with Crippen molar-refractivity contribution in [2.45, 2.75) is 6.42 Å². The van der Waals surface area contributed by atoms with Crippen molar-refractivity contribution in [2.75, 3.05) is 0 Å². The Hall–Kier alpha value is -1.72. The number of hydrogen-bond donors (Lipinski definition) is 4. The molecule has 0 bridgehead atoms. The summed E-state index contributed by atoms with van der Waals surface area (Å²) in [6, 6.07) is 17.3. The summed E-state index contributed by atoms with van der Waals surface area (Å²) >= 11 is 0. The molecule has 0 atom stereocenters. The molecule has 0 aliphatic heterocycles. The van der Waals surface area contributed by atoms with Gasteiger partial charge in [-0.1, -0.05) is 48.5 Å². The molecule has 94 valence electrons. The predicted molar refractivity (Wildman–Crippen MR) is 74.8 cm³/mol. The van der Waals surface area contributed by atoms with Gasteiger partial charge in [0.1, 0.15) is 0 Å². The zero-order valence-corrected chi connectivity index (χ0v) is 10.2. The second kappa shape index (κ2) is 6.78. The van der Waals surface area contributed by atoms with Crippen molar-refractivity contribution < 1.29 is 0 Å². The fourth-order valence-corrected chi connectivity index (χ4v) is 2.08. The average molecular weight is 234 g/mol. The molecule has 0 unspecified atom stereocenters. The minimum atomic E-state index is 0. The molecule has 3 rings (SSSR count). The van der Waals surface area contributed by atoms with Crippen LogP contribution in [0.15, 0.2) is 48.5 Å². The van der Waals surface area contributed by atoms with E-state index in [0.717, 1.165) is 6.42 Å². The van der Waals surface area contributed by atoms with E-state index in [-0.39, 0.29) is 24.6 Å². The molecule has 0 radical (unpaired) electrons. The van der Waals surface area contributed by atoms with Crippen LogP contribution in [0.1, 0.15) is 11.1 Å². The molecule has 1 aliphatic rings. The Morgan fingerprint density at radius 1 is 0.529 bits per heavy atom. The van der Waals surface area contributed by atoms with E-state index in [4.69, 9.17) is 0 Å². The molecule has 0 fully saturated rings. The van der Waals surface area contributed by atoms with Gasteiger partial charge in [-0.15, -0.1) is 0 Å². The van der Waals surface area contributed by atoms with Crippen LogP contribution in [0.25, 0.3) is 11.1 Å². The second-order valence-corrected chi connectivity index (χ2v) is 3.49. The molecule has 12 N–H and O–H groups in total. The van der Waals surface area contributed by atoms with Crippen molar-refractivity contribution in [3.8, 4) is 11.1 Å². The summed E-state index contributed by atoms with van der Waals surface area (Å²) < 4.78 is 0. The third-order valence-electron chi connectivity index (χ3n) is 2.71. The quantitative estimate of drug-likeness (QED) is 0.468. The van der Waals surface area contributed by atoms with Crippen LogP contribution >= 0.6 is 0 Å². The first-order valence-electron chi connectivity index (χ1n) is 4.61. The highest BCUT2D eigenvalue weighted by atomic mass is 14.2. The summed E-state index contributed by atoms with van der Waals surface area (Å²) in [5.74, 6) is 0. The lowest BCUT2D eigenvalue weighted by molar-refractivity contribution is 1.26. The van der Waals surface area contributed by atoms with Gasteiger partial charge in [-0.3, -0.25) is 0 Å². The molecule has 0 amide bonds. The summed E-state index contributed by atoms with van der Waals surface area (Å²) in [5.41, 5.74) is 5.75. The van der Waals surface area contributed by atoms with Gasteiger partial charge in [0, 0.05) is 0 Å². The van der Waals surface area contributed by atoms with E-state index in [1.165, 1.54) is 22.3 Å². The summed E-state index contributed by atoms with van der Waals surface area (Å²) in [7, 11) is 0. The highest BCUT2D eigenvalue weighted by molar-refractivity contribution is 5.76. The maximum Gasteiger partial charge on any atom is -0.00135 e. The van der Waals surface area contributed by atoms with Crippen molar-refractivity contribution in [2.24, 2.45) is 0 Å². The smallest absolute Gasteiger partial charge is 0.00135 e. The van der Waals surface area contributed by atoms with Crippen LogP contribution in [-0.2, 0) is 6.42 Å². The monoisotopic (exact) mass is 234 g/mol. The van der Waals surface area contributed by atoms with Gasteiger partial charge < -0.3 is 24.6 Å². The van der Waals surface area contributed by atoms with E-state index in [0.29, 0.717) is 0 Å². The van der Waals surface area contributed by atoms with E-state index in [9.17, 15) is 0 Å². The van der Waals surface area contributed by atoms with Gasteiger partial charge in [0.15, 0.2) is 0 Å². The fraction of sp³-hybridized carbons (Fsp3) is 0.0769. The van der Waals surface area contributed by atoms with E-state index >= 15 is 0 Å². The lowest BCUT2D eigenvalue weighted by Crippen LogP contribution is -1.77. The Labute approximate surface area is 102 Å². The van der Waals surface area contributed by atoms with Crippen molar-refractivity contribution in [3.05, 3.63) is 59.7 Å². The number of fused-ring (bicyclic) bond motifs is 3. The van der Waals surface area contributed by atoms with Crippen molar-refractivity contribution in [3.63, 3.8) is 0 Å². The number of benzene rings is 2. The minimum absolute atomic E-state index is 0. The fourth-order valence-electron chi connectivity index (χ4n) is 2.08. The predicted octanol–water partition coefficient (Wildman–Crippen LogP) is 3.91. The Balaban J connectivity index is 0. The molecule has 1 aliphatic carbocycles. The van der Waals surface area contributed by atoms with Crippen LogP contribution < -0.4 is 24.6 Å². The van der Waals surface area contributed by atoms with Crippen LogP contribution in [0.3, 0.4) is 0 Å². The van der Waals surface area contributed by atoms with Gasteiger partial charge in [0.05, 0.1) is 0 Å². The van der Waals surface area contributed by atoms with Gasteiger partial charge in [-0.2, -0.15) is 0 Å². The van der Waals surface area contributed by atoms with Crippen LogP contribution in [0, 0.1) is 0 Å². The SMILES string of the molecule is N.N.N.N.c1ccc2c(c1)Cc1ccccc1-2. The Kier molecular flexibility index (Phi) is 7.04. The molecule has 2 aromatic carbocycles. The summed E-state index contributed by atoms with van der Waals surface area (Å²) in [5, 5.41) is 0. The first-order valence-corrected chi connectivity index (χ1v) is 4.61. The van der Waals surface area contributed by atoms with Crippen molar-refractivity contribution in [1.82, 2.24) is 24.6 Å². The molecule has 4 nitrogen and oxygen atoms in total. The van der Waals surface area contributed by atoms with Gasteiger partial charge >= 0.3 is 0 Å². The highest BCUT2D eigenvalue weighted by Gasteiger charge is 2.15. The maximum absolute atomic E-state index is 2.22. The van der Waals surface area contributed by atoms with E-state index in [2.05, 4.69) is 48.5 Å². The molecule has 0 saturated carbocycles. The van der Waals surface area contributed by atoms with Crippen molar-refractivity contribution >= 4 is 0 Å². The largest absolute Gasteiger partial charge is 0.344 e. The maximum atomic E-state index is 2.22. The summed E-state index contributed by atoms with van der Waals surface area (Å²) in [6.45, 7) is 0. The molecule has 17 heavy (non-hydrogen) atoms. The zero-order valence-electron chi connectivity index (χ0n) is 10.2. The van der Waals surface area contributed by atoms with Gasteiger partial charge in [0.25, 0.3) is 0 Å². The van der Waals surface area contributed by atoms with Crippen LogP contribution in [-0.4, -0.2) is 0 Å². The molecule has 2 aromatic rings. The highest BCUT2D eigenvalue weighted by Crippen LogP contribution is 2.35. The second-order valence-electron chi connectivity index (χ2n) is 3.49. The molecular weight excluding hydrogens is 212 g/mol. The lowest BCUT2D eigenvalue weighted by atomic mass is 10.1. The van der Waals surface area contributed by atoms with Gasteiger partial charge in [-0.05, 0) is 28.7 Å². The number of hydrogen-bond acceptors (Lipinski definition) is 4. The van der Waals surface area contributed by atoms with Gasteiger partial charge in [-0.25, -0.2) is 0 Å². The first-order chi connectivity index (χ1) is 6.45. The zero-order chi connectivity index (χ0) is 8.67. The summed E-state index contributed by atoms with van der Waals surface area (Å²) in [4.78, 5) is 0. The van der Waals surface area contributed by atoms with Crippen molar-refractivity contribution in [1.29, 1.82) is 0 Å². The molecule has 0 heterocycles. The molecule has 0 aromatic heterocycles. The van der Waals surface area contributed by atoms with E-state index in [1.54, 1.807) is 0 Å². The third-order valence-corrected chi connectivity index (χ3v) is 2.71. The standard InChI is InChI=1S/C13H10.4H3N/c1-3-7-12-10(5-1)9-11-6-2-4-8-13(11)12;;;;/h1-8H,9H2;4*1H3. The third kappa shape index (κ3) is 2.69. The van der Waals surface area contributed by atoms with E-state index < -0.39 is 0 Å². The lowest BCUT2D eigenvalue weighted by Gasteiger charge is -1.98. The normalized spacial score (nSPS) is 9.41. The molecular formula is C13H22N4. The van der Waals surface area contributed by atoms with Crippen LogP contribution in [0.5, 0.6) is 0 Å². The minimum Gasteiger partial charge on any atom is -0.344 e. The van der Waals surface area contributed by atoms with Gasteiger partial charge in [0.2, 0.25) is 0 Å². The average Bonchev–Trinajstić information content (AvgIpc) is 2.56. The van der Waals surface area contributed by atoms with Crippen LogP contribution in [0.4, 0.5) is 0 Å². The first kappa shape index (κ1) is 17.7. The van der Waals surface area contributed by atoms with E-state index in [1.807, 2.05) is 0 Å².